The van der Waals surface area contributed by atoms with Gasteiger partial charge in [0, 0.05) is 34.3 Å². The fourth-order valence-electron chi connectivity index (χ4n) is 1.32. The Morgan fingerprint density at radius 1 is 1.40 bits per heavy atom. The molecule has 0 saturated heterocycles. The van der Waals surface area contributed by atoms with Crippen molar-refractivity contribution in [1.82, 2.24) is 0 Å². The van der Waals surface area contributed by atoms with E-state index in [1.54, 1.807) is 12.4 Å². The summed E-state index contributed by atoms with van der Waals surface area (Å²) >= 11 is 0. The van der Waals surface area contributed by atoms with Crippen molar-refractivity contribution >= 4 is 11.9 Å². The molecule has 2 rings (SSSR count). The number of azide groups is 1. The van der Waals surface area contributed by atoms with Gasteiger partial charge in [-0.1, -0.05) is 23.3 Å². The predicted molar refractivity (Wildman–Crippen MR) is 59.8 cm³/mol. The lowest BCUT2D eigenvalue weighted by Crippen LogP contribution is -2.02. The van der Waals surface area contributed by atoms with Gasteiger partial charge in [-0.15, -0.1) is 0 Å². The average molecular weight is 199 g/mol. The summed E-state index contributed by atoms with van der Waals surface area (Å²) in [6, 6.07) is 7.81. The molecule has 5 nitrogen and oxygen atoms in total. The zero-order chi connectivity index (χ0) is 10.5. The second-order valence-corrected chi connectivity index (χ2v) is 3.03. The lowest BCUT2D eigenvalue weighted by molar-refractivity contribution is 1.11. The Hall–Kier alpha value is -2.26. The van der Waals surface area contributed by atoms with Crippen molar-refractivity contribution in [2.75, 3.05) is 11.9 Å². The molecule has 0 unspecified atom stereocenters. The van der Waals surface area contributed by atoms with Crippen LogP contribution in [0.1, 0.15) is 5.56 Å². The Labute approximate surface area is 86.8 Å². The lowest BCUT2D eigenvalue weighted by atomic mass is 10.2. The van der Waals surface area contributed by atoms with E-state index >= 15 is 0 Å². The summed E-state index contributed by atoms with van der Waals surface area (Å²) in [6.45, 7) is 0.280. The van der Waals surface area contributed by atoms with E-state index in [0.29, 0.717) is 0 Å². The number of anilines is 1. The minimum absolute atomic E-state index is 0.280. The number of hydrogen-bond donors (Lipinski definition) is 1. The summed E-state index contributed by atoms with van der Waals surface area (Å²) in [4.78, 5) is 6.82. The Morgan fingerprint density at radius 3 is 3.13 bits per heavy atom. The zero-order valence-electron chi connectivity index (χ0n) is 7.96. The van der Waals surface area contributed by atoms with E-state index in [2.05, 4.69) is 20.3 Å². The lowest BCUT2D eigenvalue weighted by Gasteiger charge is -2.07. The van der Waals surface area contributed by atoms with Crippen molar-refractivity contribution in [2.45, 2.75) is 0 Å². The van der Waals surface area contributed by atoms with Crippen molar-refractivity contribution in [1.29, 1.82) is 0 Å². The highest BCUT2D eigenvalue weighted by Gasteiger charge is 2.04. The second-order valence-electron chi connectivity index (χ2n) is 3.03. The first kappa shape index (κ1) is 9.30. The van der Waals surface area contributed by atoms with Crippen LogP contribution in [0.2, 0.25) is 0 Å². The molecule has 0 amide bonds. The van der Waals surface area contributed by atoms with Crippen LogP contribution in [0, 0.1) is 0 Å². The molecule has 0 aromatic heterocycles. The first-order valence-electron chi connectivity index (χ1n) is 4.49. The van der Waals surface area contributed by atoms with E-state index in [1.165, 1.54) is 0 Å². The van der Waals surface area contributed by atoms with Gasteiger partial charge in [0.2, 0.25) is 0 Å². The topological polar surface area (TPSA) is 73.2 Å². The van der Waals surface area contributed by atoms with Gasteiger partial charge in [0.25, 0.3) is 0 Å². The maximum Gasteiger partial charge on any atom is 0.0677 e. The van der Waals surface area contributed by atoms with Crippen molar-refractivity contribution < 1.29 is 0 Å². The molecule has 5 heteroatoms. The van der Waals surface area contributed by atoms with Crippen LogP contribution in [0.5, 0.6) is 0 Å². The van der Waals surface area contributed by atoms with Gasteiger partial charge < -0.3 is 5.32 Å². The smallest absolute Gasteiger partial charge is 0.0677 e. The quantitative estimate of drug-likeness (QED) is 0.444. The maximum atomic E-state index is 8.23. The van der Waals surface area contributed by atoms with Crippen LogP contribution in [0.15, 0.2) is 46.3 Å². The molecule has 0 saturated carbocycles. The van der Waals surface area contributed by atoms with E-state index < -0.39 is 0 Å². The Morgan fingerprint density at radius 2 is 2.27 bits per heavy atom. The van der Waals surface area contributed by atoms with Crippen LogP contribution in [0.25, 0.3) is 10.4 Å². The standard InChI is InChI=1S/C10H9N5/c11-15-13-7-9-6-12-5-8-3-1-2-4-10(8)14-9/h1-6,14H,7H2. The van der Waals surface area contributed by atoms with E-state index in [9.17, 15) is 0 Å². The van der Waals surface area contributed by atoms with Crippen molar-refractivity contribution in [2.24, 2.45) is 10.1 Å². The molecule has 15 heavy (non-hydrogen) atoms. The Balaban J connectivity index is 2.27. The van der Waals surface area contributed by atoms with Gasteiger partial charge in [0.1, 0.15) is 0 Å². The van der Waals surface area contributed by atoms with Crippen LogP contribution < -0.4 is 5.32 Å². The molecule has 0 radical (unpaired) electrons. The highest BCUT2D eigenvalue weighted by Crippen LogP contribution is 2.17. The summed E-state index contributed by atoms with van der Waals surface area (Å²) < 4.78 is 0. The summed E-state index contributed by atoms with van der Waals surface area (Å²) in [5.41, 5.74) is 11.0. The highest BCUT2D eigenvalue weighted by atomic mass is 15.1. The fraction of sp³-hybridized carbons (Fsp3) is 0.100. The molecular weight excluding hydrogens is 190 g/mol. The third-order valence-corrected chi connectivity index (χ3v) is 2.00. The Kier molecular flexibility index (Phi) is 2.67. The number of aliphatic imine (C=N–C) groups is 1. The van der Waals surface area contributed by atoms with Crippen LogP contribution >= 0.6 is 0 Å². The highest BCUT2D eigenvalue weighted by molar-refractivity contribution is 5.89. The summed E-state index contributed by atoms with van der Waals surface area (Å²) in [5, 5.41) is 6.65. The fourth-order valence-corrected chi connectivity index (χ4v) is 1.32. The molecule has 74 valence electrons. The molecule has 1 aliphatic rings. The monoisotopic (exact) mass is 199 g/mol. The Bertz CT molecular complexity index is 468. The van der Waals surface area contributed by atoms with Gasteiger partial charge in [-0.3, -0.25) is 4.99 Å². The molecule has 0 fully saturated rings. The number of fused-ring (bicyclic) bond motifs is 1. The molecule has 0 spiro atoms. The average Bonchev–Trinajstić information content (AvgIpc) is 2.47. The number of hydrogen-bond acceptors (Lipinski definition) is 3. The van der Waals surface area contributed by atoms with Crippen molar-refractivity contribution in [3.05, 3.63) is 52.2 Å². The van der Waals surface area contributed by atoms with Crippen LogP contribution in [0.3, 0.4) is 0 Å². The molecule has 0 aliphatic carbocycles. The summed E-state index contributed by atoms with van der Waals surface area (Å²) in [7, 11) is 0. The van der Waals surface area contributed by atoms with E-state index in [-0.39, 0.29) is 6.54 Å². The SMILES string of the molecule is [N-]=[N+]=NCC1=CN=Cc2ccccc2N1. The van der Waals surface area contributed by atoms with E-state index in [0.717, 1.165) is 16.9 Å². The van der Waals surface area contributed by atoms with Crippen LogP contribution in [-0.2, 0) is 0 Å². The van der Waals surface area contributed by atoms with Gasteiger partial charge >= 0.3 is 0 Å². The number of nitrogens with zero attached hydrogens (tertiary/aromatic N) is 4. The second kappa shape index (κ2) is 4.30. The first-order chi connectivity index (χ1) is 7.40. The van der Waals surface area contributed by atoms with Crippen LogP contribution in [-0.4, -0.2) is 12.8 Å². The largest absolute Gasteiger partial charge is 0.357 e. The maximum absolute atomic E-state index is 8.23. The normalized spacial score (nSPS) is 12.9. The number of benzene rings is 1. The number of nitrogens with one attached hydrogen (secondary N) is 1. The number of rotatable bonds is 2. The van der Waals surface area contributed by atoms with Crippen molar-refractivity contribution in [3.63, 3.8) is 0 Å². The van der Waals surface area contributed by atoms with E-state index in [1.807, 2.05) is 24.3 Å². The molecule has 1 aromatic rings. The third-order valence-electron chi connectivity index (χ3n) is 2.00. The van der Waals surface area contributed by atoms with Gasteiger partial charge in [-0.25, -0.2) is 0 Å². The van der Waals surface area contributed by atoms with Crippen molar-refractivity contribution in [3.8, 4) is 0 Å². The number of para-hydroxylation sites is 1. The molecule has 1 aliphatic heterocycles. The molecule has 1 aromatic carbocycles. The van der Waals surface area contributed by atoms with Gasteiger partial charge in [-0.2, -0.15) is 0 Å². The predicted octanol–water partition coefficient (Wildman–Crippen LogP) is 2.68. The van der Waals surface area contributed by atoms with E-state index in [4.69, 9.17) is 5.53 Å². The zero-order valence-corrected chi connectivity index (χ0v) is 7.96. The van der Waals surface area contributed by atoms with Crippen LogP contribution in [0.4, 0.5) is 5.69 Å². The third kappa shape index (κ3) is 2.15. The molecule has 1 heterocycles. The summed E-state index contributed by atoms with van der Waals surface area (Å²) in [6.07, 6.45) is 3.43. The molecule has 0 bridgehead atoms. The van der Waals surface area contributed by atoms with Gasteiger partial charge in [0.05, 0.1) is 6.54 Å². The van der Waals surface area contributed by atoms with Gasteiger partial charge in [-0.05, 0) is 11.6 Å². The van der Waals surface area contributed by atoms with Gasteiger partial charge in [0.15, 0.2) is 0 Å². The molecular formula is C10H9N5. The molecule has 1 N–H and O–H groups in total. The first-order valence-corrected chi connectivity index (χ1v) is 4.49. The molecule has 0 atom stereocenters. The minimum atomic E-state index is 0.280. The minimum Gasteiger partial charge on any atom is -0.357 e. The summed E-state index contributed by atoms with van der Waals surface area (Å²) in [5.74, 6) is 0.